The quantitative estimate of drug-likeness (QED) is 0.653. The molecular formula is C21H17F2N3O4. The highest BCUT2D eigenvalue weighted by Crippen LogP contribution is 2.42. The minimum Gasteiger partial charge on any atom is -0.502 e. The van der Waals surface area contributed by atoms with Gasteiger partial charge in [0.25, 0.3) is 0 Å². The van der Waals surface area contributed by atoms with Crippen molar-refractivity contribution in [1.82, 2.24) is 4.98 Å². The van der Waals surface area contributed by atoms with E-state index in [9.17, 15) is 19.1 Å². The van der Waals surface area contributed by atoms with Crippen molar-refractivity contribution in [3.8, 4) is 51.5 Å². The number of phenols is 1. The number of nitriles is 1. The van der Waals surface area contributed by atoms with Gasteiger partial charge in [0.1, 0.15) is 17.5 Å². The number of rotatable bonds is 5. The second kappa shape index (κ2) is 8.13. The highest BCUT2D eigenvalue weighted by molar-refractivity contribution is 5.82. The van der Waals surface area contributed by atoms with Crippen LogP contribution in [0.25, 0.3) is 22.4 Å². The summed E-state index contributed by atoms with van der Waals surface area (Å²) in [4.78, 5) is 4.09. The fourth-order valence-electron chi connectivity index (χ4n) is 3.01. The van der Waals surface area contributed by atoms with E-state index in [1.54, 1.807) is 0 Å². The Labute approximate surface area is 170 Å². The SMILES string of the molecule is COc1cc(-c2cc(-c3ccc(F)c(OC)c3F)nc(N)c2C#N)cc(OC)c1O. The minimum atomic E-state index is -0.957. The van der Waals surface area contributed by atoms with E-state index in [1.165, 1.54) is 38.5 Å². The lowest BCUT2D eigenvalue weighted by Crippen LogP contribution is -2.02. The molecule has 0 fully saturated rings. The number of nitrogen functional groups attached to an aromatic ring is 1. The molecule has 0 aliphatic rings. The lowest BCUT2D eigenvalue weighted by Gasteiger charge is -2.15. The van der Waals surface area contributed by atoms with Gasteiger partial charge in [-0.3, -0.25) is 0 Å². The Kier molecular flexibility index (Phi) is 5.60. The molecule has 0 unspecified atom stereocenters. The molecule has 30 heavy (non-hydrogen) atoms. The summed E-state index contributed by atoms with van der Waals surface area (Å²) >= 11 is 0. The third kappa shape index (κ3) is 3.39. The van der Waals surface area contributed by atoms with E-state index < -0.39 is 17.4 Å². The molecule has 0 aliphatic heterocycles. The van der Waals surface area contributed by atoms with Gasteiger partial charge >= 0.3 is 0 Å². The number of hydrogen-bond acceptors (Lipinski definition) is 7. The van der Waals surface area contributed by atoms with Crippen LogP contribution in [-0.2, 0) is 0 Å². The molecule has 1 heterocycles. The van der Waals surface area contributed by atoms with Crippen LogP contribution in [0.15, 0.2) is 30.3 Å². The topological polar surface area (TPSA) is 111 Å². The number of anilines is 1. The van der Waals surface area contributed by atoms with Gasteiger partial charge in [0.2, 0.25) is 5.75 Å². The van der Waals surface area contributed by atoms with Crippen LogP contribution in [0, 0.1) is 23.0 Å². The number of nitrogens with zero attached hydrogens (tertiary/aromatic N) is 2. The van der Waals surface area contributed by atoms with E-state index in [-0.39, 0.29) is 39.9 Å². The van der Waals surface area contributed by atoms with Crippen molar-refractivity contribution in [2.75, 3.05) is 27.1 Å². The van der Waals surface area contributed by atoms with Gasteiger partial charge in [-0.25, -0.2) is 13.8 Å². The fraction of sp³-hybridized carbons (Fsp3) is 0.143. The van der Waals surface area contributed by atoms with Crippen LogP contribution in [0.4, 0.5) is 14.6 Å². The number of aromatic hydroxyl groups is 1. The maximum Gasteiger partial charge on any atom is 0.200 e. The molecule has 0 amide bonds. The number of phenolic OH excluding ortho intramolecular Hbond substituents is 1. The third-order valence-corrected chi connectivity index (χ3v) is 4.48. The monoisotopic (exact) mass is 413 g/mol. The van der Waals surface area contributed by atoms with Gasteiger partial charge in [-0.15, -0.1) is 0 Å². The van der Waals surface area contributed by atoms with E-state index >= 15 is 0 Å². The average Bonchev–Trinajstić information content (AvgIpc) is 2.73. The Bertz CT molecular complexity index is 1150. The standard InChI is InChI=1S/C21H17F2N3O4/c1-28-16-6-10(7-17(29-2)19(16)27)12-8-15(26-21(25)13(12)9-24)11-4-5-14(22)20(30-3)18(11)23/h4-8,27H,1-3H3,(H2,25,26). The number of halogens is 2. The van der Waals surface area contributed by atoms with E-state index in [0.717, 1.165) is 13.2 Å². The number of nitrogens with two attached hydrogens (primary N) is 1. The largest absolute Gasteiger partial charge is 0.502 e. The van der Waals surface area contributed by atoms with Gasteiger partial charge < -0.3 is 25.1 Å². The Hall–Kier alpha value is -4.06. The Balaban J connectivity index is 2.31. The highest BCUT2D eigenvalue weighted by atomic mass is 19.1. The molecule has 0 atom stereocenters. The van der Waals surface area contributed by atoms with Crippen LogP contribution >= 0.6 is 0 Å². The number of benzene rings is 2. The van der Waals surface area contributed by atoms with Gasteiger partial charge in [0.05, 0.1) is 27.0 Å². The molecular weight excluding hydrogens is 396 g/mol. The molecule has 0 aliphatic carbocycles. The Morgan fingerprint density at radius 1 is 1.00 bits per heavy atom. The zero-order chi connectivity index (χ0) is 22.0. The molecule has 2 aromatic carbocycles. The first-order valence-electron chi connectivity index (χ1n) is 8.54. The molecule has 0 radical (unpaired) electrons. The average molecular weight is 413 g/mol. The molecule has 0 spiro atoms. The van der Waals surface area contributed by atoms with Gasteiger partial charge in [-0.05, 0) is 35.9 Å². The van der Waals surface area contributed by atoms with Gasteiger partial charge in [-0.2, -0.15) is 5.26 Å². The smallest absolute Gasteiger partial charge is 0.200 e. The van der Waals surface area contributed by atoms with E-state index in [4.69, 9.17) is 19.9 Å². The van der Waals surface area contributed by atoms with Crippen molar-refractivity contribution in [3.05, 3.63) is 47.5 Å². The summed E-state index contributed by atoms with van der Waals surface area (Å²) in [5, 5.41) is 19.7. The lowest BCUT2D eigenvalue weighted by molar-refractivity contribution is 0.340. The van der Waals surface area contributed by atoms with Crippen LogP contribution in [0.1, 0.15) is 5.56 Å². The van der Waals surface area contributed by atoms with E-state index in [0.29, 0.717) is 11.1 Å². The minimum absolute atomic E-state index is 0.0306. The molecule has 0 saturated heterocycles. The number of aromatic nitrogens is 1. The van der Waals surface area contributed by atoms with Gasteiger partial charge in [0, 0.05) is 11.1 Å². The highest BCUT2D eigenvalue weighted by Gasteiger charge is 2.21. The first kappa shape index (κ1) is 20.7. The summed E-state index contributed by atoms with van der Waals surface area (Å²) in [7, 11) is 3.86. The van der Waals surface area contributed by atoms with Crippen LogP contribution in [-0.4, -0.2) is 31.4 Å². The van der Waals surface area contributed by atoms with E-state index in [1.807, 2.05) is 6.07 Å². The zero-order valence-corrected chi connectivity index (χ0v) is 16.3. The molecule has 1 aromatic heterocycles. The third-order valence-electron chi connectivity index (χ3n) is 4.48. The Morgan fingerprint density at radius 3 is 2.17 bits per heavy atom. The van der Waals surface area contributed by atoms with Crippen molar-refractivity contribution in [1.29, 1.82) is 5.26 Å². The molecule has 0 saturated carbocycles. The van der Waals surface area contributed by atoms with Gasteiger partial charge in [0.15, 0.2) is 28.9 Å². The molecule has 0 bridgehead atoms. The molecule has 3 rings (SSSR count). The number of hydrogen-bond donors (Lipinski definition) is 2. The second-order valence-corrected chi connectivity index (χ2v) is 6.10. The number of ether oxygens (including phenoxy) is 3. The maximum absolute atomic E-state index is 14.8. The van der Waals surface area contributed by atoms with Crippen LogP contribution in [0.2, 0.25) is 0 Å². The summed E-state index contributed by atoms with van der Waals surface area (Å²) in [5.41, 5.74) is 6.68. The van der Waals surface area contributed by atoms with E-state index in [2.05, 4.69) is 4.98 Å². The van der Waals surface area contributed by atoms with Crippen molar-refractivity contribution in [2.45, 2.75) is 0 Å². The summed E-state index contributed by atoms with van der Waals surface area (Å²) in [6.45, 7) is 0. The summed E-state index contributed by atoms with van der Waals surface area (Å²) < 4.78 is 43.6. The zero-order valence-electron chi connectivity index (χ0n) is 16.3. The van der Waals surface area contributed by atoms with Crippen molar-refractivity contribution >= 4 is 5.82 Å². The maximum atomic E-state index is 14.8. The molecule has 7 nitrogen and oxygen atoms in total. The van der Waals surface area contributed by atoms with Crippen molar-refractivity contribution in [2.24, 2.45) is 0 Å². The summed E-state index contributed by atoms with van der Waals surface area (Å²) in [6.07, 6.45) is 0. The van der Waals surface area contributed by atoms with Gasteiger partial charge in [-0.1, -0.05) is 0 Å². The van der Waals surface area contributed by atoms with Crippen LogP contribution in [0.3, 0.4) is 0 Å². The second-order valence-electron chi connectivity index (χ2n) is 6.10. The molecule has 154 valence electrons. The van der Waals surface area contributed by atoms with Crippen molar-refractivity contribution < 1.29 is 28.1 Å². The van der Waals surface area contributed by atoms with Crippen molar-refractivity contribution in [3.63, 3.8) is 0 Å². The molecule has 3 N–H and O–H groups in total. The lowest BCUT2D eigenvalue weighted by atomic mass is 9.97. The Morgan fingerprint density at radius 2 is 1.63 bits per heavy atom. The van der Waals surface area contributed by atoms with Crippen LogP contribution in [0.5, 0.6) is 23.0 Å². The summed E-state index contributed by atoms with van der Waals surface area (Å²) in [6, 6.07) is 8.57. The number of pyridine rings is 1. The first-order chi connectivity index (χ1) is 14.4. The van der Waals surface area contributed by atoms with Crippen LogP contribution < -0.4 is 19.9 Å². The summed E-state index contributed by atoms with van der Waals surface area (Å²) in [5.74, 6) is -2.57. The predicted molar refractivity (Wildman–Crippen MR) is 105 cm³/mol. The first-order valence-corrected chi connectivity index (χ1v) is 8.54. The number of methoxy groups -OCH3 is 3. The normalized spacial score (nSPS) is 10.4. The predicted octanol–water partition coefficient (Wildman–Crippen LogP) is 3.88. The molecule has 3 aromatic rings. The fourth-order valence-corrected chi connectivity index (χ4v) is 3.01. The molecule has 9 heteroatoms.